The minimum absolute atomic E-state index is 0.0241. The number of anilines is 1. The Morgan fingerprint density at radius 3 is 2.65 bits per heavy atom. The lowest BCUT2D eigenvalue weighted by molar-refractivity contribution is -0.120. The number of benzene rings is 2. The summed E-state index contributed by atoms with van der Waals surface area (Å²) in [5.41, 5.74) is 2.98. The highest BCUT2D eigenvalue weighted by atomic mass is 19.1. The van der Waals surface area contributed by atoms with Gasteiger partial charge in [0.2, 0.25) is 5.91 Å². The Labute approximate surface area is 150 Å². The van der Waals surface area contributed by atoms with Crippen LogP contribution >= 0.6 is 0 Å². The summed E-state index contributed by atoms with van der Waals surface area (Å²) in [6, 6.07) is 13.6. The molecule has 6 heteroatoms. The van der Waals surface area contributed by atoms with Crippen molar-refractivity contribution >= 4 is 28.4 Å². The number of piperazine rings is 1. The van der Waals surface area contributed by atoms with Crippen LogP contribution in [0.4, 0.5) is 10.1 Å². The molecule has 0 spiro atoms. The van der Waals surface area contributed by atoms with Crippen LogP contribution < -0.4 is 4.90 Å². The van der Waals surface area contributed by atoms with Crippen LogP contribution in [0.1, 0.15) is 16.1 Å². The third kappa shape index (κ3) is 2.83. The summed E-state index contributed by atoms with van der Waals surface area (Å²) in [4.78, 5) is 31.4. The number of hydrogen-bond acceptors (Lipinski definition) is 2. The van der Waals surface area contributed by atoms with E-state index in [1.165, 1.54) is 21.9 Å². The fourth-order valence-corrected chi connectivity index (χ4v) is 3.36. The SMILES string of the molecule is Cc1cccc2[nH]c(C(=O)N3CCN(c4cccc(F)c4)C(=O)C3)cc12. The lowest BCUT2D eigenvalue weighted by Crippen LogP contribution is -2.52. The normalized spacial score (nSPS) is 14.9. The average molecular weight is 351 g/mol. The van der Waals surface area contributed by atoms with E-state index in [1.54, 1.807) is 12.1 Å². The van der Waals surface area contributed by atoms with E-state index in [0.717, 1.165) is 16.5 Å². The number of halogens is 1. The van der Waals surface area contributed by atoms with Crippen molar-refractivity contribution in [3.05, 3.63) is 65.6 Å². The fourth-order valence-electron chi connectivity index (χ4n) is 3.36. The van der Waals surface area contributed by atoms with E-state index < -0.39 is 0 Å². The standard InChI is InChI=1S/C20H18FN3O2/c1-13-4-2-7-17-16(13)11-18(22-17)20(26)23-8-9-24(19(25)12-23)15-6-3-5-14(21)10-15/h2-7,10-11,22H,8-9,12H2,1H3. The van der Waals surface area contributed by atoms with Gasteiger partial charge in [-0.05, 0) is 42.8 Å². The minimum atomic E-state index is -0.387. The first kappa shape index (κ1) is 16.3. The van der Waals surface area contributed by atoms with Crippen LogP contribution in [-0.4, -0.2) is 41.3 Å². The van der Waals surface area contributed by atoms with Crippen LogP contribution in [0.25, 0.3) is 10.9 Å². The molecule has 4 rings (SSSR count). The number of amides is 2. The molecule has 132 valence electrons. The number of H-pyrrole nitrogens is 1. The number of aromatic amines is 1. The van der Waals surface area contributed by atoms with Crippen molar-refractivity contribution in [1.29, 1.82) is 0 Å². The molecule has 1 aliphatic rings. The monoisotopic (exact) mass is 351 g/mol. The number of carbonyl (C=O) groups is 2. The summed E-state index contributed by atoms with van der Waals surface area (Å²) in [6.07, 6.45) is 0. The molecular formula is C20H18FN3O2. The molecule has 0 saturated carbocycles. The predicted molar refractivity (Wildman–Crippen MR) is 97.7 cm³/mol. The lowest BCUT2D eigenvalue weighted by Gasteiger charge is -2.34. The molecule has 2 aromatic carbocycles. The van der Waals surface area contributed by atoms with Gasteiger partial charge in [-0.3, -0.25) is 9.59 Å². The number of aromatic nitrogens is 1. The van der Waals surface area contributed by atoms with Gasteiger partial charge < -0.3 is 14.8 Å². The van der Waals surface area contributed by atoms with E-state index in [0.29, 0.717) is 24.5 Å². The van der Waals surface area contributed by atoms with Gasteiger partial charge in [0.15, 0.2) is 0 Å². The molecule has 1 aromatic heterocycles. The summed E-state index contributed by atoms with van der Waals surface area (Å²) < 4.78 is 13.4. The Bertz CT molecular complexity index is 1010. The number of hydrogen-bond donors (Lipinski definition) is 1. The molecule has 1 N–H and O–H groups in total. The van der Waals surface area contributed by atoms with Crippen molar-refractivity contribution in [2.45, 2.75) is 6.92 Å². The molecule has 0 aliphatic carbocycles. The number of nitrogens with one attached hydrogen (secondary N) is 1. The molecular weight excluding hydrogens is 333 g/mol. The summed E-state index contributed by atoms with van der Waals surface area (Å²) in [6.45, 7) is 2.71. The maximum absolute atomic E-state index is 13.4. The van der Waals surface area contributed by atoms with Gasteiger partial charge >= 0.3 is 0 Å². The maximum atomic E-state index is 13.4. The van der Waals surface area contributed by atoms with E-state index in [1.807, 2.05) is 31.2 Å². The molecule has 0 radical (unpaired) electrons. The highest BCUT2D eigenvalue weighted by Crippen LogP contribution is 2.22. The van der Waals surface area contributed by atoms with E-state index in [9.17, 15) is 14.0 Å². The third-order valence-electron chi connectivity index (χ3n) is 4.74. The topological polar surface area (TPSA) is 56.4 Å². The largest absolute Gasteiger partial charge is 0.351 e. The molecule has 5 nitrogen and oxygen atoms in total. The molecule has 26 heavy (non-hydrogen) atoms. The molecule has 1 saturated heterocycles. The van der Waals surface area contributed by atoms with Gasteiger partial charge in [-0.15, -0.1) is 0 Å². The number of rotatable bonds is 2. The van der Waals surface area contributed by atoms with Crippen molar-refractivity contribution in [1.82, 2.24) is 9.88 Å². The zero-order valence-corrected chi connectivity index (χ0v) is 14.3. The molecule has 0 atom stereocenters. The number of aryl methyl sites for hydroxylation is 1. The third-order valence-corrected chi connectivity index (χ3v) is 4.74. The second-order valence-corrected chi connectivity index (χ2v) is 6.47. The smallest absolute Gasteiger partial charge is 0.270 e. The summed E-state index contributed by atoms with van der Waals surface area (Å²) in [5.74, 6) is -0.808. The molecule has 2 heterocycles. The van der Waals surface area contributed by atoms with E-state index >= 15 is 0 Å². The van der Waals surface area contributed by atoms with Gasteiger partial charge in [-0.1, -0.05) is 18.2 Å². The highest BCUT2D eigenvalue weighted by molar-refractivity contribution is 6.03. The minimum Gasteiger partial charge on any atom is -0.351 e. The van der Waals surface area contributed by atoms with Gasteiger partial charge in [0.05, 0.1) is 0 Å². The molecule has 1 fully saturated rings. The number of fused-ring (bicyclic) bond motifs is 1. The Hall–Kier alpha value is -3.15. The van der Waals surface area contributed by atoms with Crippen LogP contribution in [0.3, 0.4) is 0 Å². The second kappa shape index (κ2) is 6.29. The molecule has 2 amide bonds. The van der Waals surface area contributed by atoms with Crippen molar-refractivity contribution in [3.63, 3.8) is 0 Å². The van der Waals surface area contributed by atoms with Crippen molar-refractivity contribution < 1.29 is 14.0 Å². The first-order valence-corrected chi connectivity index (χ1v) is 8.46. The van der Waals surface area contributed by atoms with E-state index in [-0.39, 0.29) is 24.2 Å². The van der Waals surface area contributed by atoms with Crippen molar-refractivity contribution in [3.8, 4) is 0 Å². The summed E-state index contributed by atoms with van der Waals surface area (Å²) in [7, 11) is 0. The Balaban J connectivity index is 1.53. The molecule has 0 bridgehead atoms. The Morgan fingerprint density at radius 2 is 1.92 bits per heavy atom. The van der Waals surface area contributed by atoms with Gasteiger partial charge in [-0.25, -0.2) is 4.39 Å². The van der Waals surface area contributed by atoms with Gasteiger partial charge in [0, 0.05) is 29.7 Å². The quantitative estimate of drug-likeness (QED) is 0.771. The molecule has 3 aromatic rings. The predicted octanol–water partition coefficient (Wildman–Crippen LogP) is 3.10. The summed E-state index contributed by atoms with van der Waals surface area (Å²) >= 11 is 0. The van der Waals surface area contributed by atoms with Crippen LogP contribution in [0, 0.1) is 12.7 Å². The van der Waals surface area contributed by atoms with E-state index in [2.05, 4.69) is 4.98 Å². The highest BCUT2D eigenvalue weighted by Gasteiger charge is 2.29. The Kier molecular flexibility index (Phi) is 3.95. The second-order valence-electron chi connectivity index (χ2n) is 6.47. The number of nitrogens with zero attached hydrogens (tertiary/aromatic N) is 2. The van der Waals surface area contributed by atoms with Crippen molar-refractivity contribution in [2.75, 3.05) is 24.5 Å². The van der Waals surface area contributed by atoms with E-state index in [4.69, 9.17) is 0 Å². The fraction of sp³-hybridized carbons (Fsp3) is 0.200. The zero-order valence-electron chi connectivity index (χ0n) is 14.3. The first-order valence-electron chi connectivity index (χ1n) is 8.46. The van der Waals surface area contributed by atoms with Crippen LogP contribution in [0.2, 0.25) is 0 Å². The molecule has 0 unspecified atom stereocenters. The molecule has 1 aliphatic heterocycles. The van der Waals surface area contributed by atoms with Gasteiger partial charge in [0.25, 0.3) is 5.91 Å². The van der Waals surface area contributed by atoms with Crippen molar-refractivity contribution in [2.24, 2.45) is 0 Å². The van der Waals surface area contributed by atoms with Gasteiger partial charge in [0.1, 0.15) is 18.1 Å². The van der Waals surface area contributed by atoms with Crippen LogP contribution in [0.5, 0.6) is 0 Å². The zero-order chi connectivity index (χ0) is 18.3. The van der Waals surface area contributed by atoms with Gasteiger partial charge in [-0.2, -0.15) is 0 Å². The maximum Gasteiger partial charge on any atom is 0.270 e. The average Bonchev–Trinajstić information content (AvgIpc) is 3.06. The number of carbonyl (C=O) groups excluding carboxylic acids is 2. The summed E-state index contributed by atoms with van der Waals surface area (Å²) in [5, 5.41) is 1.00. The lowest BCUT2D eigenvalue weighted by atomic mass is 10.1. The Morgan fingerprint density at radius 1 is 1.12 bits per heavy atom. The van der Waals surface area contributed by atoms with Crippen LogP contribution in [-0.2, 0) is 4.79 Å². The van der Waals surface area contributed by atoms with Crippen LogP contribution in [0.15, 0.2) is 48.5 Å². The first-order chi connectivity index (χ1) is 12.5.